The van der Waals surface area contributed by atoms with Crippen LogP contribution in [0.2, 0.25) is 0 Å². The molecule has 4 aliphatic rings. The Morgan fingerprint density at radius 3 is 2.58 bits per heavy atom. The van der Waals surface area contributed by atoms with Gasteiger partial charge in [0.15, 0.2) is 0 Å². The summed E-state index contributed by atoms with van der Waals surface area (Å²) in [5, 5.41) is 3.72. The van der Waals surface area contributed by atoms with Crippen molar-refractivity contribution in [3.8, 4) is 0 Å². The minimum atomic E-state index is 0.408. The number of hydrogen-bond acceptors (Lipinski definition) is 4. The van der Waals surface area contributed by atoms with Gasteiger partial charge in [-0.05, 0) is 74.5 Å². The number of likely N-dealkylation sites (N-methyl/N-ethyl adjacent to an activating group) is 1. The maximum absolute atomic E-state index is 4.96. The Labute approximate surface area is 151 Å². The Morgan fingerprint density at radius 1 is 1.04 bits per heavy atom. The fourth-order valence-corrected chi connectivity index (χ4v) is 7.03. The van der Waals surface area contributed by atoms with Gasteiger partial charge in [0, 0.05) is 24.7 Å². The van der Waals surface area contributed by atoms with Gasteiger partial charge < -0.3 is 4.90 Å². The number of rotatable bonds is 3. The standard InChI is InChI=1S/C20H33N3S/c1-13-11-24-12-19(13)18-10-22-20-17(18)8-15(9-21-20)14-4-6-16(7-5-14)23(2)3/h4,6,9,13-20,22H,5,7-8,10-12H2,1-3H3. The van der Waals surface area contributed by atoms with E-state index in [1.165, 1.54) is 37.3 Å². The fourth-order valence-electron chi connectivity index (χ4n) is 5.43. The molecular weight excluding hydrogens is 314 g/mol. The second-order valence-electron chi connectivity index (χ2n) is 8.71. The number of thioether (sulfide) groups is 1. The molecule has 2 saturated heterocycles. The number of fused-ring (bicyclic) bond motifs is 1. The Bertz CT molecular complexity index is 503. The molecule has 4 heteroatoms. The highest BCUT2D eigenvalue weighted by Gasteiger charge is 2.45. The number of nitrogens with one attached hydrogen (secondary N) is 1. The van der Waals surface area contributed by atoms with E-state index in [4.69, 9.17) is 4.99 Å². The van der Waals surface area contributed by atoms with Crippen molar-refractivity contribution in [3.05, 3.63) is 12.2 Å². The molecule has 3 nitrogen and oxygen atoms in total. The number of aliphatic imine (C=N–C) groups is 1. The molecule has 24 heavy (non-hydrogen) atoms. The average Bonchev–Trinajstić information content (AvgIpc) is 3.20. The van der Waals surface area contributed by atoms with Crippen molar-refractivity contribution in [1.82, 2.24) is 10.2 Å². The van der Waals surface area contributed by atoms with E-state index < -0.39 is 0 Å². The lowest BCUT2D eigenvalue weighted by atomic mass is 9.71. The first kappa shape index (κ1) is 17.1. The van der Waals surface area contributed by atoms with E-state index in [0.717, 1.165) is 23.7 Å². The molecule has 1 N–H and O–H groups in total. The SMILES string of the molecule is CC1CSCC1C1CNC2N=CC(C3C=CC(N(C)C)CC3)CC21. The van der Waals surface area contributed by atoms with Crippen LogP contribution >= 0.6 is 11.8 Å². The van der Waals surface area contributed by atoms with Crippen LogP contribution in [0.3, 0.4) is 0 Å². The molecule has 0 aromatic rings. The molecule has 3 heterocycles. The van der Waals surface area contributed by atoms with E-state index in [9.17, 15) is 0 Å². The highest BCUT2D eigenvalue weighted by molar-refractivity contribution is 7.99. The Balaban J connectivity index is 1.43. The molecule has 0 radical (unpaired) electrons. The Hall–Kier alpha value is -0.320. The summed E-state index contributed by atoms with van der Waals surface area (Å²) >= 11 is 2.17. The fraction of sp³-hybridized carbons (Fsp3) is 0.850. The Morgan fingerprint density at radius 2 is 1.92 bits per heavy atom. The van der Waals surface area contributed by atoms with Crippen LogP contribution in [0.4, 0.5) is 0 Å². The lowest BCUT2D eigenvalue weighted by Gasteiger charge is -2.37. The van der Waals surface area contributed by atoms with Crippen LogP contribution in [-0.4, -0.2) is 55.5 Å². The summed E-state index contributed by atoms with van der Waals surface area (Å²) in [4.78, 5) is 7.30. The van der Waals surface area contributed by atoms with Crippen LogP contribution < -0.4 is 5.32 Å². The quantitative estimate of drug-likeness (QED) is 0.795. The molecule has 0 aromatic carbocycles. The number of nitrogens with zero attached hydrogens (tertiary/aromatic N) is 2. The predicted octanol–water partition coefficient (Wildman–Crippen LogP) is 3.13. The third-order valence-corrected chi connectivity index (χ3v) is 8.44. The van der Waals surface area contributed by atoms with Crippen molar-refractivity contribution in [3.63, 3.8) is 0 Å². The van der Waals surface area contributed by atoms with E-state index >= 15 is 0 Å². The summed E-state index contributed by atoms with van der Waals surface area (Å²) in [6, 6.07) is 0.631. The van der Waals surface area contributed by atoms with Gasteiger partial charge in [0.05, 0.1) is 0 Å². The molecular formula is C20H33N3S. The van der Waals surface area contributed by atoms with E-state index in [1.54, 1.807) is 0 Å². The molecule has 1 aliphatic carbocycles. The summed E-state index contributed by atoms with van der Waals surface area (Å²) in [6.45, 7) is 3.66. The first-order valence-corrected chi connectivity index (χ1v) is 11.0. The zero-order valence-corrected chi connectivity index (χ0v) is 16.2. The number of allylic oxidation sites excluding steroid dienone is 1. The molecule has 134 valence electrons. The van der Waals surface area contributed by atoms with Crippen LogP contribution in [0.25, 0.3) is 0 Å². The highest BCUT2D eigenvalue weighted by Crippen LogP contribution is 2.45. The molecule has 8 atom stereocenters. The van der Waals surface area contributed by atoms with Gasteiger partial charge in [-0.2, -0.15) is 11.8 Å². The third kappa shape index (κ3) is 3.22. The molecule has 3 aliphatic heterocycles. The van der Waals surface area contributed by atoms with Crippen molar-refractivity contribution in [2.75, 3.05) is 32.1 Å². The van der Waals surface area contributed by atoms with Gasteiger partial charge in [-0.1, -0.05) is 19.1 Å². The largest absolute Gasteiger partial charge is 0.303 e. The molecule has 0 bridgehead atoms. The van der Waals surface area contributed by atoms with Crippen molar-refractivity contribution >= 4 is 18.0 Å². The maximum atomic E-state index is 4.96. The van der Waals surface area contributed by atoms with Gasteiger partial charge in [0.2, 0.25) is 0 Å². The van der Waals surface area contributed by atoms with E-state index in [0.29, 0.717) is 24.0 Å². The van der Waals surface area contributed by atoms with E-state index in [-0.39, 0.29) is 0 Å². The zero-order valence-electron chi connectivity index (χ0n) is 15.4. The smallest absolute Gasteiger partial charge is 0.102 e. The molecule has 0 amide bonds. The molecule has 2 fully saturated rings. The predicted molar refractivity (Wildman–Crippen MR) is 105 cm³/mol. The molecule has 4 rings (SSSR count). The van der Waals surface area contributed by atoms with Gasteiger partial charge in [0.1, 0.15) is 6.17 Å². The Kier molecular flexibility index (Phi) is 5.08. The summed E-state index contributed by atoms with van der Waals surface area (Å²) in [7, 11) is 4.38. The van der Waals surface area contributed by atoms with Crippen molar-refractivity contribution in [2.24, 2.45) is 40.5 Å². The molecule has 0 saturated carbocycles. The lowest BCUT2D eigenvalue weighted by molar-refractivity contribution is 0.195. The zero-order chi connectivity index (χ0) is 16.7. The maximum Gasteiger partial charge on any atom is 0.102 e. The lowest BCUT2D eigenvalue weighted by Crippen LogP contribution is -2.37. The third-order valence-electron chi connectivity index (χ3n) is 7.06. The van der Waals surface area contributed by atoms with E-state index in [2.05, 4.69) is 61.4 Å². The first-order valence-electron chi connectivity index (χ1n) is 9.82. The van der Waals surface area contributed by atoms with Crippen LogP contribution in [0.5, 0.6) is 0 Å². The topological polar surface area (TPSA) is 27.6 Å². The normalized spacial score (nSPS) is 48.2. The van der Waals surface area contributed by atoms with Gasteiger partial charge in [-0.15, -0.1) is 0 Å². The minimum absolute atomic E-state index is 0.408. The summed E-state index contributed by atoms with van der Waals surface area (Å²) in [5.74, 6) is 7.53. The minimum Gasteiger partial charge on any atom is -0.303 e. The molecule has 0 aromatic heterocycles. The summed E-state index contributed by atoms with van der Waals surface area (Å²) < 4.78 is 0. The first-order chi connectivity index (χ1) is 11.6. The van der Waals surface area contributed by atoms with Gasteiger partial charge >= 0.3 is 0 Å². The van der Waals surface area contributed by atoms with Crippen LogP contribution in [0.15, 0.2) is 17.1 Å². The second-order valence-corrected chi connectivity index (χ2v) is 9.79. The molecule has 8 unspecified atom stereocenters. The highest BCUT2D eigenvalue weighted by atomic mass is 32.2. The van der Waals surface area contributed by atoms with Crippen molar-refractivity contribution in [1.29, 1.82) is 0 Å². The van der Waals surface area contributed by atoms with E-state index in [1.807, 2.05) is 0 Å². The van der Waals surface area contributed by atoms with Crippen molar-refractivity contribution < 1.29 is 0 Å². The van der Waals surface area contributed by atoms with Crippen LogP contribution in [0.1, 0.15) is 26.2 Å². The van der Waals surface area contributed by atoms with Gasteiger partial charge in [-0.25, -0.2) is 0 Å². The summed E-state index contributed by atoms with van der Waals surface area (Å²) in [6.07, 6.45) is 11.6. The summed E-state index contributed by atoms with van der Waals surface area (Å²) in [5.41, 5.74) is 0. The van der Waals surface area contributed by atoms with Gasteiger partial charge in [-0.3, -0.25) is 10.3 Å². The number of hydrogen-bond donors (Lipinski definition) is 1. The van der Waals surface area contributed by atoms with Crippen molar-refractivity contribution in [2.45, 2.75) is 38.4 Å². The molecule has 0 spiro atoms. The van der Waals surface area contributed by atoms with Gasteiger partial charge in [0.25, 0.3) is 0 Å². The van der Waals surface area contributed by atoms with Crippen LogP contribution in [-0.2, 0) is 0 Å². The monoisotopic (exact) mass is 347 g/mol. The second kappa shape index (κ2) is 7.13. The average molecular weight is 348 g/mol. The van der Waals surface area contributed by atoms with Crippen LogP contribution in [0, 0.1) is 35.5 Å².